The number of hydrogen-bond acceptors (Lipinski definition) is 5. The number of rotatable bonds is 5. The molecule has 1 aromatic rings. The zero-order valence-corrected chi connectivity index (χ0v) is 14.2. The van der Waals surface area contributed by atoms with E-state index in [1.165, 1.54) is 0 Å². The number of amides is 1. The third kappa shape index (κ3) is 6.03. The van der Waals surface area contributed by atoms with Crippen LogP contribution in [0.2, 0.25) is 0 Å². The predicted molar refractivity (Wildman–Crippen MR) is 85.5 cm³/mol. The molecule has 124 valence electrons. The zero-order chi connectivity index (χ0) is 17.0. The second-order valence-corrected chi connectivity index (χ2v) is 8.15. The van der Waals surface area contributed by atoms with Gasteiger partial charge in [0.2, 0.25) is 0 Å². The second-order valence-electron chi connectivity index (χ2n) is 6.16. The van der Waals surface area contributed by atoms with Crippen LogP contribution in [0.4, 0.5) is 4.79 Å². The van der Waals surface area contributed by atoms with Gasteiger partial charge in [0, 0.05) is 18.8 Å². The highest BCUT2D eigenvalue weighted by molar-refractivity contribution is 7.90. The van der Waals surface area contributed by atoms with Crippen molar-refractivity contribution < 1.29 is 17.9 Å². The molecule has 0 aliphatic heterocycles. The van der Waals surface area contributed by atoms with Gasteiger partial charge in [-0.15, -0.1) is 0 Å². The second kappa shape index (κ2) is 7.11. The van der Waals surface area contributed by atoms with E-state index in [1.54, 1.807) is 45.0 Å². The molecule has 22 heavy (non-hydrogen) atoms. The molecule has 0 saturated heterocycles. The molecule has 0 aliphatic carbocycles. The smallest absolute Gasteiger partial charge is 0.407 e. The van der Waals surface area contributed by atoms with Crippen LogP contribution in [0.15, 0.2) is 29.2 Å². The average molecular weight is 328 g/mol. The van der Waals surface area contributed by atoms with Gasteiger partial charge in [-0.1, -0.05) is 18.2 Å². The van der Waals surface area contributed by atoms with Crippen LogP contribution in [0.3, 0.4) is 0 Å². The Morgan fingerprint density at radius 2 is 1.91 bits per heavy atom. The minimum absolute atomic E-state index is 0.178. The van der Waals surface area contributed by atoms with Gasteiger partial charge in [-0.05, 0) is 38.8 Å². The maximum absolute atomic E-state index is 11.8. The largest absolute Gasteiger partial charge is 0.444 e. The van der Waals surface area contributed by atoms with E-state index in [1.807, 2.05) is 0 Å². The van der Waals surface area contributed by atoms with E-state index >= 15 is 0 Å². The molecule has 6 nitrogen and oxygen atoms in total. The standard InChI is InChI=1S/C15H24N2O4S/c1-15(2,3)21-14(18)17-12(10-16)9-11-7-5-6-8-13(11)22(4,19)20/h5-8,12H,9-10,16H2,1-4H3,(H,17,18). The summed E-state index contributed by atoms with van der Waals surface area (Å²) >= 11 is 0. The lowest BCUT2D eigenvalue weighted by molar-refractivity contribution is 0.0506. The lowest BCUT2D eigenvalue weighted by Crippen LogP contribution is -2.44. The molecule has 0 spiro atoms. The summed E-state index contributed by atoms with van der Waals surface area (Å²) in [6, 6.07) is 6.28. The summed E-state index contributed by atoms with van der Waals surface area (Å²) in [5, 5.41) is 2.67. The topological polar surface area (TPSA) is 98.5 Å². The number of nitrogens with one attached hydrogen (secondary N) is 1. The lowest BCUT2D eigenvalue weighted by Gasteiger charge is -2.23. The molecule has 1 atom stereocenters. The third-order valence-electron chi connectivity index (χ3n) is 2.84. The summed E-state index contributed by atoms with van der Waals surface area (Å²) < 4.78 is 28.8. The molecule has 1 unspecified atom stereocenters. The summed E-state index contributed by atoms with van der Waals surface area (Å²) in [4.78, 5) is 12.0. The van der Waals surface area contributed by atoms with Crippen LogP contribution in [0.1, 0.15) is 26.3 Å². The van der Waals surface area contributed by atoms with Gasteiger partial charge in [0.15, 0.2) is 9.84 Å². The van der Waals surface area contributed by atoms with Crippen LogP contribution >= 0.6 is 0 Å². The Morgan fingerprint density at radius 1 is 1.32 bits per heavy atom. The van der Waals surface area contributed by atoms with Crippen LogP contribution in [-0.4, -0.2) is 39.0 Å². The highest BCUT2D eigenvalue weighted by atomic mass is 32.2. The molecule has 0 aliphatic rings. The molecule has 1 aromatic carbocycles. The Kier molecular flexibility index (Phi) is 5.96. The molecule has 0 saturated carbocycles. The van der Waals surface area contributed by atoms with Gasteiger partial charge in [0.05, 0.1) is 4.90 Å². The van der Waals surface area contributed by atoms with Crippen molar-refractivity contribution in [2.24, 2.45) is 5.73 Å². The fourth-order valence-corrected chi connectivity index (χ4v) is 2.92. The number of alkyl carbamates (subject to hydrolysis) is 1. The van der Waals surface area contributed by atoms with Crippen molar-refractivity contribution in [3.63, 3.8) is 0 Å². The van der Waals surface area contributed by atoms with E-state index in [-0.39, 0.29) is 11.4 Å². The predicted octanol–water partition coefficient (Wildman–Crippen LogP) is 1.48. The molecule has 1 rings (SSSR count). The van der Waals surface area contributed by atoms with Crippen molar-refractivity contribution >= 4 is 15.9 Å². The summed E-state index contributed by atoms with van der Waals surface area (Å²) in [7, 11) is -3.33. The number of carbonyl (C=O) groups excluding carboxylic acids is 1. The lowest BCUT2D eigenvalue weighted by atomic mass is 10.1. The summed E-state index contributed by atoms with van der Waals surface area (Å²) in [5.41, 5.74) is 5.69. The number of nitrogens with two attached hydrogens (primary N) is 1. The highest BCUT2D eigenvalue weighted by Gasteiger charge is 2.21. The van der Waals surface area contributed by atoms with Gasteiger partial charge in [0.25, 0.3) is 0 Å². The normalized spacial score (nSPS) is 13.5. The van der Waals surface area contributed by atoms with Crippen molar-refractivity contribution in [1.29, 1.82) is 0 Å². The highest BCUT2D eigenvalue weighted by Crippen LogP contribution is 2.17. The van der Waals surface area contributed by atoms with Crippen LogP contribution < -0.4 is 11.1 Å². The quantitative estimate of drug-likeness (QED) is 0.853. The maximum atomic E-state index is 11.8. The first-order valence-electron chi connectivity index (χ1n) is 7.00. The monoisotopic (exact) mass is 328 g/mol. The Bertz CT molecular complexity index is 621. The van der Waals surface area contributed by atoms with Crippen molar-refractivity contribution in [3.8, 4) is 0 Å². The third-order valence-corrected chi connectivity index (χ3v) is 4.04. The summed E-state index contributed by atoms with van der Waals surface area (Å²) in [6.07, 6.45) is 0.906. The molecule has 0 heterocycles. The van der Waals surface area contributed by atoms with Gasteiger partial charge in [-0.3, -0.25) is 0 Å². The van der Waals surface area contributed by atoms with E-state index in [2.05, 4.69) is 5.32 Å². The Balaban J connectivity index is 2.86. The summed E-state index contributed by atoms with van der Waals surface area (Å²) in [5.74, 6) is 0. The van der Waals surface area contributed by atoms with E-state index < -0.39 is 27.6 Å². The van der Waals surface area contributed by atoms with E-state index in [4.69, 9.17) is 10.5 Å². The van der Waals surface area contributed by atoms with Crippen LogP contribution in [0, 0.1) is 0 Å². The molecule has 0 fully saturated rings. The zero-order valence-electron chi connectivity index (χ0n) is 13.4. The van der Waals surface area contributed by atoms with Crippen molar-refractivity contribution in [2.75, 3.05) is 12.8 Å². The molecule has 0 aromatic heterocycles. The molecule has 7 heteroatoms. The molecule has 1 amide bonds. The number of ether oxygens (including phenoxy) is 1. The number of benzene rings is 1. The van der Waals surface area contributed by atoms with Crippen LogP contribution in [-0.2, 0) is 21.0 Å². The Hall–Kier alpha value is -1.60. The molecule has 3 N–H and O–H groups in total. The van der Waals surface area contributed by atoms with E-state index in [9.17, 15) is 13.2 Å². The minimum Gasteiger partial charge on any atom is -0.444 e. The van der Waals surface area contributed by atoms with Crippen LogP contribution in [0.5, 0.6) is 0 Å². The maximum Gasteiger partial charge on any atom is 0.407 e. The van der Waals surface area contributed by atoms with Crippen molar-refractivity contribution in [1.82, 2.24) is 5.32 Å². The first kappa shape index (κ1) is 18.4. The van der Waals surface area contributed by atoms with Crippen LogP contribution in [0.25, 0.3) is 0 Å². The van der Waals surface area contributed by atoms with Gasteiger partial charge < -0.3 is 15.8 Å². The number of sulfone groups is 1. The first-order chi connectivity index (χ1) is 10.0. The molecular formula is C15H24N2O4S. The Labute approximate surface area is 132 Å². The first-order valence-corrected chi connectivity index (χ1v) is 8.89. The van der Waals surface area contributed by atoms with Crippen molar-refractivity contribution in [3.05, 3.63) is 29.8 Å². The van der Waals surface area contributed by atoms with Gasteiger partial charge in [-0.25, -0.2) is 13.2 Å². The van der Waals surface area contributed by atoms with Gasteiger partial charge in [-0.2, -0.15) is 0 Å². The summed E-state index contributed by atoms with van der Waals surface area (Å²) in [6.45, 7) is 5.48. The van der Waals surface area contributed by atoms with E-state index in [0.29, 0.717) is 12.0 Å². The van der Waals surface area contributed by atoms with E-state index in [0.717, 1.165) is 6.26 Å². The fourth-order valence-electron chi connectivity index (χ4n) is 1.97. The van der Waals surface area contributed by atoms with Gasteiger partial charge >= 0.3 is 6.09 Å². The number of hydrogen-bond donors (Lipinski definition) is 2. The van der Waals surface area contributed by atoms with Crippen molar-refractivity contribution in [2.45, 2.75) is 43.7 Å². The molecular weight excluding hydrogens is 304 g/mol. The minimum atomic E-state index is -3.33. The Morgan fingerprint density at radius 3 is 2.41 bits per heavy atom. The fraction of sp³-hybridized carbons (Fsp3) is 0.533. The average Bonchev–Trinajstić information content (AvgIpc) is 2.35. The SMILES string of the molecule is CC(C)(C)OC(=O)NC(CN)Cc1ccccc1S(C)(=O)=O. The molecule has 0 bridgehead atoms. The van der Waals surface area contributed by atoms with Gasteiger partial charge in [0.1, 0.15) is 5.60 Å². The molecule has 0 radical (unpaired) electrons. The number of carbonyl (C=O) groups is 1.